The molecule has 6 rings (SSSR count). The van der Waals surface area contributed by atoms with E-state index in [-0.39, 0.29) is 35.7 Å². The summed E-state index contributed by atoms with van der Waals surface area (Å²) in [5, 5.41) is 23.3. The maximum atomic E-state index is 13.0. The molecule has 3 saturated heterocycles. The first-order valence-electron chi connectivity index (χ1n) is 18.3. The lowest BCUT2D eigenvalue weighted by Crippen LogP contribution is -2.52. The molecule has 1 atom stereocenters. The van der Waals surface area contributed by atoms with Crippen molar-refractivity contribution < 1.29 is 29.3 Å². The summed E-state index contributed by atoms with van der Waals surface area (Å²) in [5.74, 6) is 0.303. The molecule has 0 unspecified atom stereocenters. The number of fused-ring (bicyclic) bond motifs is 1. The van der Waals surface area contributed by atoms with Crippen LogP contribution in [-0.4, -0.2) is 118 Å². The monoisotopic (exact) mass is 833 g/mol. The van der Waals surface area contributed by atoms with Crippen LogP contribution in [0.15, 0.2) is 45.3 Å². The van der Waals surface area contributed by atoms with Gasteiger partial charge in [-0.05, 0) is 119 Å². The number of piperidine rings is 3. The highest BCUT2D eigenvalue weighted by Gasteiger charge is 2.35. The van der Waals surface area contributed by atoms with Gasteiger partial charge in [0.2, 0.25) is 5.91 Å². The highest BCUT2D eigenvalue weighted by atomic mass is 79.9. The Balaban J connectivity index is 0.000000205. The second kappa shape index (κ2) is 17.8. The smallest absolute Gasteiger partial charge is 0.409 e. The first-order valence-corrected chi connectivity index (χ1v) is 19.9. The zero-order valence-corrected chi connectivity index (χ0v) is 33.3. The van der Waals surface area contributed by atoms with Gasteiger partial charge in [0.1, 0.15) is 5.75 Å². The van der Waals surface area contributed by atoms with E-state index < -0.39 is 5.60 Å². The number of aromatic hydroxyl groups is 1. The van der Waals surface area contributed by atoms with Gasteiger partial charge in [-0.2, -0.15) is 0 Å². The van der Waals surface area contributed by atoms with Gasteiger partial charge >= 0.3 is 12.1 Å². The zero-order chi connectivity index (χ0) is 36.7. The van der Waals surface area contributed by atoms with E-state index in [1.807, 2.05) is 47.1 Å². The summed E-state index contributed by atoms with van der Waals surface area (Å²) in [4.78, 5) is 45.1. The molecular weight excluding hydrogens is 782 g/mol. The SMILES string of the molecule is CCC1(O)CCN(C2CCN(C(=O)[C@H](C)Cc3cc(Br)c(O)c(Br)c3)CC2)CC1.COC(=O)N1CCC(N2CCc3ccccc3NC2=O)CC1. The van der Waals surface area contributed by atoms with Gasteiger partial charge in [-0.3, -0.25) is 4.79 Å². The zero-order valence-electron chi connectivity index (χ0n) is 30.1. The van der Waals surface area contributed by atoms with Gasteiger partial charge in [0, 0.05) is 69.5 Å². The van der Waals surface area contributed by atoms with Gasteiger partial charge < -0.3 is 39.9 Å². The number of phenols is 1. The summed E-state index contributed by atoms with van der Waals surface area (Å²) in [6, 6.07) is 12.3. The summed E-state index contributed by atoms with van der Waals surface area (Å²) < 4.78 is 6.02. The van der Waals surface area contributed by atoms with Crippen molar-refractivity contribution in [2.24, 2.45) is 5.92 Å². The lowest BCUT2D eigenvalue weighted by molar-refractivity contribution is -0.136. The number of phenolic OH excluding ortho intramolecular Hbond substituents is 1. The Hall–Kier alpha value is -2.87. The molecule has 0 radical (unpaired) electrons. The molecule has 0 aromatic heterocycles. The first-order chi connectivity index (χ1) is 24.4. The first kappa shape index (κ1) is 39.3. The van der Waals surface area contributed by atoms with Crippen LogP contribution in [0.25, 0.3) is 0 Å². The number of anilines is 1. The predicted octanol–water partition coefficient (Wildman–Crippen LogP) is 6.63. The van der Waals surface area contributed by atoms with Crippen molar-refractivity contribution in [3.8, 4) is 5.75 Å². The van der Waals surface area contributed by atoms with E-state index in [4.69, 9.17) is 4.74 Å². The largest absolute Gasteiger partial charge is 0.506 e. The summed E-state index contributed by atoms with van der Waals surface area (Å²) in [7, 11) is 1.40. The molecule has 0 aliphatic carbocycles. The number of urea groups is 1. The molecular formula is C38H53Br2N5O6. The topological polar surface area (TPSA) is 126 Å². The van der Waals surface area contributed by atoms with Crippen LogP contribution >= 0.6 is 31.9 Å². The third-order valence-corrected chi connectivity index (χ3v) is 12.4. The Bertz CT molecular complexity index is 1500. The standard InChI is InChI=1S/C22H32Br2N2O3.C16H21N3O3/c1-3-22(29)6-10-25(11-7-22)17-4-8-26(9-5-17)21(28)15(2)12-16-13-18(23)20(27)19(24)14-16;1-22-16(21)18-9-7-13(8-10-18)19-11-6-12-4-2-3-5-14(12)17-15(19)20/h13-15,17,27,29H,3-12H2,1-2H3;2-5,13H,6-11H2,1H3,(H,17,20)/t15-;/m1./s1. The van der Waals surface area contributed by atoms with Crippen LogP contribution in [0.5, 0.6) is 5.75 Å². The number of rotatable bonds is 6. The van der Waals surface area contributed by atoms with Crippen LogP contribution in [0.2, 0.25) is 0 Å². The molecule has 51 heavy (non-hydrogen) atoms. The molecule has 280 valence electrons. The summed E-state index contributed by atoms with van der Waals surface area (Å²) in [6.45, 7) is 9.58. The van der Waals surface area contributed by atoms with E-state index in [2.05, 4.69) is 55.1 Å². The molecule has 4 aliphatic heterocycles. The average Bonchev–Trinajstić information content (AvgIpc) is 3.32. The fraction of sp³-hybridized carbons (Fsp3) is 0.605. The third kappa shape index (κ3) is 9.97. The van der Waals surface area contributed by atoms with E-state index in [9.17, 15) is 24.6 Å². The Kier molecular flexibility index (Phi) is 13.7. The van der Waals surface area contributed by atoms with Crippen LogP contribution < -0.4 is 5.32 Å². The molecule has 2 aromatic carbocycles. The number of hydrogen-bond donors (Lipinski definition) is 3. The fourth-order valence-corrected chi connectivity index (χ4v) is 9.11. The molecule has 2 aromatic rings. The van der Waals surface area contributed by atoms with Crippen LogP contribution in [-0.2, 0) is 22.4 Å². The minimum Gasteiger partial charge on any atom is -0.506 e. The number of halogens is 2. The molecule has 3 fully saturated rings. The molecule has 3 N–H and O–H groups in total. The number of aliphatic hydroxyl groups is 1. The molecule has 4 aliphatic rings. The number of carbonyl (C=O) groups is 3. The van der Waals surface area contributed by atoms with E-state index >= 15 is 0 Å². The van der Waals surface area contributed by atoms with Crippen LogP contribution in [0.1, 0.15) is 69.9 Å². The van der Waals surface area contributed by atoms with E-state index in [1.54, 1.807) is 4.90 Å². The number of para-hydroxylation sites is 1. The Morgan fingerprint density at radius 2 is 1.53 bits per heavy atom. The van der Waals surface area contributed by atoms with E-state index in [0.29, 0.717) is 41.0 Å². The number of hydrogen-bond acceptors (Lipinski definition) is 7. The highest BCUT2D eigenvalue weighted by Crippen LogP contribution is 2.34. The van der Waals surface area contributed by atoms with Gasteiger partial charge in [-0.25, -0.2) is 9.59 Å². The Morgan fingerprint density at radius 1 is 0.941 bits per heavy atom. The number of nitrogens with one attached hydrogen (secondary N) is 1. The minimum atomic E-state index is -0.471. The fourth-order valence-electron chi connectivity index (χ4n) is 7.83. The van der Waals surface area contributed by atoms with Crippen molar-refractivity contribution in [1.82, 2.24) is 19.6 Å². The number of ether oxygens (including phenoxy) is 1. The summed E-state index contributed by atoms with van der Waals surface area (Å²) in [5.41, 5.74) is 2.63. The minimum absolute atomic E-state index is 0.0403. The predicted molar refractivity (Wildman–Crippen MR) is 205 cm³/mol. The number of amides is 4. The van der Waals surface area contributed by atoms with Gasteiger partial charge in [0.15, 0.2) is 0 Å². The van der Waals surface area contributed by atoms with Crippen LogP contribution in [0.3, 0.4) is 0 Å². The molecule has 0 spiro atoms. The third-order valence-electron chi connectivity index (χ3n) is 11.2. The van der Waals surface area contributed by atoms with Crippen molar-refractivity contribution in [1.29, 1.82) is 0 Å². The lowest BCUT2D eigenvalue weighted by atomic mass is 9.87. The Morgan fingerprint density at radius 3 is 2.14 bits per heavy atom. The number of carbonyl (C=O) groups excluding carboxylic acids is 3. The van der Waals surface area contributed by atoms with E-state index in [0.717, 1.165) is 88.8 Å². The van der Waals surface area contributed by atoms with Crippen molar-refractivity contribution in [2.75, 3.05) is 58.2 Å². The molecule has 4 heterocycles. The van der Waals surface area contributed by atoms with Crippen molar-refractivity contribution >= 4 is 55.6 Å². The van der Waals surface area contributed by atoms with Gasteiger partial charge in [0.25, 0.3) is 0 Å². The summed E-state index contributed by atoms with van der Waals surface area (Å²) >= 11 is 6.72. The maximum Gasteiger partial charge on any atom is 0.409 e. The van der Waals surface area contributed by atoms with Crippen molar-refractivity contribution in [3.05, 3.63) is 56.5 Å². The maximum absolute atomic E-state index is 13.0. The lowest BCUT2D eigenvalue weighted by Gasteiger charge is -2.44. The Labute approximate surface area is 318 Å². The molecule has 13 heteroatoms. The number of likely N-dealkylation sites (tertiary alicyclic amines) is 3. The molecule has 4 amide bonds. The van der Waals surface area contributed by atoms with Crippen LogP contribution in [0, 0.1) is 5.92 Å². The van der Waals surface area contributed by atoms with Crippen molar-refractivity contribution in [2.45, 2.75) is 89.3 Å². The number of methoxy groups -OCH3 is 1. The second-order valence-corrected chi connectivity index (χ2v) is 16.1. The van der Waals surface area contributed by atoms with Gasteiger partial charge in [-0.1, -0.05) is 32.0 Å². The highest BCUT2D eigenvalue weighted by molar-refractivity contribution is 9.11. The second-order valence-electron chi connectivity index (χ2n) is 14.4. The van der Waals surface area contributed by atoms with Crippen molar-refractivity contribution in [3.63, 3.8) is 0 Å². The normalized spacial score (nSPS) is 20.7. The number of nitrogens with zero attached hydrogens (tertiary/aromatic N) is 4. The molecule has 0 bridgehead atoms. The molecule has 0 saturated carbocycles. The molecule has 11 nitrogen and oxygen atoms in total. The average molecular weight is 836 g/mol. The van der Waals surface area contributed by atoms with Gasteiger partial charge in [0.05, 0.1) is 21.7 Å². The quantitative estimate of drug-likeness (QED) is 0.299. The van der Waals surface area contributed by atoms with Crippen LogP contribution in [0.4, 0.5) is 15.3 Å². The number of benzene rings is 2. The van der Waals surface area contributed by atoms with E-state index in [1.165, 1.54) is 12.7 Å². The summed E-state index contributed by atoms with van der Waals surface area (Å²) in [6.07, 6.45) is 7.38. The van der Waals surface area contributed by atoms with Gasteiger partial charge in [-0.15, -0.1) is 0 Å².